The van der Waals surface area contributed by atoms with Gasteiger partial charge in [0.05, 0.1) is 17.8 Å². The summed E-state index contributed by atoms with van der Waals surface area (Å²) in [6, 6.07) is 0. The SMILES string of the molecule is CC(CNC(C)(C)C)Cn1cc(Br)c([N+](=O)[O-])n1. The van der Waals surface area contributed by atoms with Crippen molar-refractivity contribution in [2.24, 2.45) is 5.92 Å². The van der Waals surface area contributed by atoms with Crippen molar-refractivity contribution >= 4 is 21.7 Å². The van der Waals surface area contributed by atoms with Crippen molar-refractivity contribution in [1.82, 2.24) is 15.1 Å². The van der Waals surface area contributed by atoms with E-state index in [2.05, 4.69) is 54.0 Å². The van der Waals surface area contributed by atoms with Gasteiger partial charge in [-0.1, -0.05) is 6.92 Å². The zero-order valence-corrected chi connectivity index (χ0v) is 12.7. The largest absolute Gasteiger partial charge is 0.404 e. The van der Waals surface area contributed by atoms with Crippen molar-refractivity contribution in [3.8, 4) is 0 Å². The zero-order valence-electron chi connectivity index (χ0n) is 11.1. The Morgan fingerprint density at radius 3 is 2.67 bits per heavy atom. The molecule has 0 aliphatic carbocycles. The average Bonchev–Trinajstić information content (AvgIpc) is 2.55. The van der Waals surface area contributed by atoms with Gasteiger partial charge in [-0.2, -0.15) is 4.68 Å². The first kappa shape index (κ1) is 15.1. The van der Waals surface area contributed by atoms with E-state index in [0.29, 0.717) is 16.9 Å². The topological polar surface area (TPSA) is 73.0 Å². The number of aromatic nitrogens is 2. The van der Waals surface area contributed by atoms with Crippen LogP contribution in [0.4, 0.5) is 5.82 Å². The molecule has 0 fully saturated rings. The maximum Gasteiger partial charge on any atom is 0.404 e. The minimum atomic E-state index is -0.487. The van der Waals surface area contributed by atoms with Crippen molar-refractivity contribution in [2.75, 3.05) is 6.54 Å². The molecule has 0 amide bonds. The van der Waals surface area contributed by atoms with Gasteiger partial charge < -0.3 is 15.4 Å². The fourth-order valence-corrected chi connectivity index (χ4v) is 1.93. The first-order chi connectivity index (χ1) is 8.19. The van der Waals surface area contributed by atoms with Crippen LogP contribution >= 0.6 is 15.9 Å². The lowest BCUT2D eigenvalue weighted by molar-refractivity contribution is -0.390. The van der Waals surface area contributed by atoms with Gasteiger partial charge in [0.2, 0.25) is 0 Å². The van der Waals surface area contributed by atoms with Crippen LogP contribution in [0.1, 0.15) is 27.7 Å². The summed E-state index contributed by atoms with van der Waals surface area (Å²) in [6.07, 6.45) is 1.64. The van der Waals surface area contributed by atoms with Gasteiger partial charge in [0.15, 0.2) is 0 Å². The highest BCUT2D eigenvalue weighted by atomic mass is 79.9. The molecule has 1 aromatic heterocycles. The monoisotopic (exact) mass is 318 g/mol. The second kappa shape index (κ2) is 5.79. The lowest BCUT2D eigenvalue weighted by Gasteiger charge is -2.22. The van der Waals surface area contributed by atoms with Crippen molar-refractivity contribution in [1.29, 1.82) is 0 Å². The van der Waals surface area contributed by atoms with Crippen LogP contribution in [0.5, 0.6) is 0 Å². The molecule has 1 rings (SSSR count). The van der Waals surface area contributed by atoms with Gasteiger partial charge in [-0.25, -0.2) is 0 Å². The van der Waals surface area contributed by atoms with Crippen LogP contribution < -0.4 is 5.32 Å². The van der Waals surface area contributed by atoms with E-state index in [1.54, 1.807) is 10.9 Å². The first-order valence-electron chi connectivity index (χ1n) is 5.81. The fourth-order valence-electron chi connectivity index (χ4n) is 1.47. The Balaban J connectivity index is 2.57. The summed E-state index contributed by atoms with van der Waals surface area (Å²) >= 11 is 3.14. The number of hydrogen-bond acceptors (Lipinski definition) is 4. The van der Waals surface area contributed by atoms with E-state index in [9.17, 15) is 10.1 Å². The van der Waals surface area contributed by atoms with Gasteiger partial charge in [0.1, 0.15) is 4.47 Å². The summed E-state index contributed by atoms with van der Waals surface area (Å²) in [5, 5.41) is 18.0. The molecule has 0 aromatic carbocycles. The van der Waals surface area contributed by atoms with Crippen LogP contribution in [0.3, 0.4) is 0 Å². The molecular formula is C11H19BrN4O2. The van der Waals surface area contributed by atoms with E-state index < -0.39 is 4.92 Å². The second-order valence-electron chi connectivity index (χ2n) is 5.52. The van der Waals surface area contributed by atoms with Crippen molar-refractivity contribution < 1.29 is 4.92 Å². The molecular weight excluding hydrogens is 300 g/mol. The fraction of sp³-hybridized carbons (Fsp3) is 0.727. The van der Waals surface area contributed by atoms with E-state index in [1.165, 1.54) is 0 Å². The van der Waals surface area contributed by atoms with Crippen LogP contribution in [0.25, 0.3) is 0 Å². The molecule has 1 heterocycles. The normalized spacial score (nSPS) is 13.6. The molecule has 1 unspecified atom stereocenters. The molecule has 0 aliphatic heterocycles. The van der Waals surface area contributed by atoms with Crippen LogP contribution in [-0.4, -0.2) is 26.8 Å². The molecule has 18 heavy (non-hydrogen) atoms. The Bertz CT molecular complexity index is 425. The second-order valence-corrected chi connectivity index (χ2v) is 6.37. The van der Waals surface area contributed by atoms with Gasteiger partial charge >= 0.3 is 5.82 Å². The predicted molar refractivity (Wildman–Crippen MR) is 73.5 cm³/mol. The third-order valence-corrected chi connectivity index (χ3v) is 2.91. The molecule has 1 aromatic rings. The number of nitro groups is 1. The molecule has 0 aliphatic rings. The summed E-state index contributed by atoms with van der Waals surface area (Å²) < 4.78 is 2.03. The predicted octanol–water partition coefficient (Wildman–Crippen LogP) is 2.58. The Labute approximate surface area is 115 Å². The van der Waals surface area contributed by atoms with Crippen molar-refractivity contribution in [3.63, 3.8) is 0 Å². The van der Waals surface area contributed by atoms with E-state index in [4.69, 9.17) is 0 Å². The Hall–Kier alpha value is -0.950. The average molecular weight is 319 g/mol. The number of nitrogens with zero attached hydrogens (tertiary/aromatic N) is 3. The summed E-state index contributed by atoms with van der Waals surface area (Å²) in [7, 11) is 0. The Morgan fingerprint density at radius 2 is 2.22 bits per heavy atom. The molecule has 1 atom stereocenters. The molecule has 0 radical (unpaired) electrons. The van der Waals surface area contributed by atoms with Gasteiger partial charge in [-0.05, 0) is 47.5 Å². The maximum absolute atomic E-state index is 10.7. The third-order valence-electron chi connectivity index (χ3n) is 2.35. The lowest BCUT2D eigenvalue weighted by Crippen LogP contribution is -2.39. The van der Waals surface area contributed by atoms with Crippen molar-refractivity contribution in [3.05, 3.63) is 20.8 Å². The third kappa shape index (κ3) is 4.73. The highest BCUT2D eigenvalue weighted by Crippen LogP contribution is 2.22. The molecule has 1 N–H and O–H groups in total. The van der Waals surface area contributed by atoms with E-state index >= 15 is 0 Å². The number of halogens is 1. The van der Waals surface area contributed by atoms with E-state index in [0.717, 1.165) is 6.54 Å². The Morgan fingerprint density at radius 1 is 1.61 bits per heavy atom. The summed E-state index contributed by atoms with van der Waals surface area (Å²) in [5.41, 5.74) is 0.0744. The highest BCUT2D eigenvalue weighted by molar-refractivity contribution is 9.10. The van der Waals surface area contributed by atoms with E-state index in [1.807, 2.05) is 0 Å². The molecule has 0 spiro atoms. The van der Waals surface area contributed by atoms with Gasteiger partial charge in [0.25, 0.3) is 0 Å². The van der Waals surface area contributed by atoms with Gasteiger partial charge in [0, 0.05) is 12.1 Å². The van der Waals surface area contributed by atoms with Crippen LogP contribution in [-0.2, 0) is 6.54 Å². The quantitative estimate of drug-likeness (QED) is 0.669. The Kier molecular flexibility index (Phi) is 4.86. The summed E-state index contributed by atoms with van der Waals surface area (Å²) in [4.78, 5) is 10.2. The maximum atomic E-state index is 10.7. The van der Waals surface area contributed by atoms with Gasteiger partial charge in [-0.3, -0.25) is 0 Å². The smallest absolute Gasteiger partial charge is 0.358 e. The van der Waals surface area contributed by atoms with Crippen LogP contribution in [0.15, 0.2) is 10.7 Å². The lowest BCUT2D eigenvalue weighted by atomic mass is 10.1. The summed E-state index contributed by atoms with van der Waals surface area (Å²) in [5.74, 6) is 0.210. The molecule has 7 heteroatoms. The van der Waals surface area contributed by atoms with Gasteiger partial charge in [-0.15, -0.1) is 0 Å². The molecule has 102 valence electrons. The zero-order chi connectivity index (χ0) is 13.9. The number of nitrogens with one attached hydrogen (secondary N) is 1. The molecule has 0 saturated carbocycles. The minimum Gasteiger partial charge on any atom is -0.358 e. The van der Waals surface area contributed by atoms with Crippen molar-refractivity contribution in [2.45, 2.75) is 39.8 Å². The number of rotatable bonds is 5. The first-order valence-corrected chi connectivity index (χ1v) is 6.60. The minimum absolute atomic E-state index is 0.0744. The number of hydrogen-bond donors (Lipinski definition) is 1. The molecule has 0 saturated heterocycles. The molecule has 6 nitrogen and oxygen atoms in total. The summed E-state index contributed by atoms with van der Waals surface area (Å²) in [6.45, 7) is 9.89. The standard InChI is InChI=1S/C11H19BrN4O2/c1-8(5-13-11(2,3)4)6-15-7-9(12)10(14-15)16(17)18/h7-8,13H,5-6H2,1-4H3. The van der Waals surface area contributed by atoms with Crippen LogP contribution in [0, 0.1) is 16.0 Å². The molecule has 0 bridgehead atoms. The van der Waals surface area contributed by atoms with E-state index in [-0.39, 0.29) is 11.4 Å². The van der Waals surface area contributed by atoms with Crippen LogP contribution in [0.2, 0.25) is 0 Å². The highest BCUT2D eigenvalue weighted by Gasteiger charge is 2.20.